The van der Waals surface area contributed by atoms with Crippen LogP contribution >= 0.6 is 11.6 Å². The standard InChI is InChI=1S/C24H31ClN4O2/c1-23(2,3)20-14-19-21(30)29(18-12-8-9-16(25)13-18)24(4,15-28(19)27-20)22(31)26-17-10-6-5-7-11-17/h8-9,12-14,17H,5-7,10-11,15H2,1-4H3,(H,26,31)/t24-/m1/s1. The first kappa shape index (κ1) is 21.9. The van der Waals surface area contributed by atoms with Crippen LogP contribution in [0, 0.1) is 0 Å². The first-order chi connectivity index (χ1) is 14.6. The fourth-order valence-electron chi connectivity index (χ4n) is 4.56. The molecule has 1 aliphatic heterocycles. The van der Waals surface area contributed by atoms with Gasteiger partial charge in [-0.15, -0.1) is 0 Å². The number of benzene rings is 1. The largest absolute Gasteiger partial charge is 0.351 e. The van der Waals surface area contributed by atoms with Crippen LogP contribution in [0.25, 0.3) is 0 Å². The smallest absolute Gasteiger partial charge is 0.277 e. The number of aromatic nitrogens is 2. The van der Waals surface area contributed by atoms with Gasteiger partial charge in [0, 0.05) is 22.2 Å². The highest BCUT2D eigenvalue weighted by molar-refractivity contribution is 6.31. The maximum absolute atomic E-state index is 13.7. The molecule has 0 bridgehead atoms. The number of halogens is 1. The summed E-state index contributed by atoms with van der Waals surface area (Å²) < 4.78 is 1.70. The van der Waals surface area contributed by atoms with Crippen LogP contribution in [0.1, 0.15) is 76.0 Å². The van der Waals surface area contributed by atoms with E-state index in [-0.39, 0.29) is 29.8 Å². The molecular formula is C24H31ClN4O2. The lowest BCUT2D eigenvalue weighted by molar-refractivity contribution is -0.127. The zero-order valence-corrected chi connectivity index (χ0v) is 19.5. The Kier molecular flexibility index (Phi) is 5.63. The van der Waals surface area contributed by atoms with Gasteiger partial charge in [0.15, 0.2) is 0 Å². The van der Waals surface area contributed by atoms with Gasteiger partial charge < -0.3 is 5.32 Å². The van der Waals surface area contributed by atoms with Gasteiger partial charge >= 0.3 is 0 Å². The summed E-state index contributed by atoms with van der Waals surface area (Å²) in [7, 11) is 0. The molecule has 2 heterocycles. The summed E-state index contributed by atoms with van der Waals surface area (Å²) in [5, 5.41) is 8.45. The molecule has 0 saturated heterocycles. The second-order valence-corrected chi connectivity index (χ2v) is 10.5. The van der Waals surface area contributed by atoms with E-state index in [0.717, 1.165) is 31.4 Å². The highest BCUT2D eigenvalue weighted by Crippen LogP contribution is 2.35. The molecule has 1 atom stereocenters. The number of hydrogen-bond donors (Lipinski definition) is 1. The Labute approximate surface area is 188 Å². The number of carbonyl (C=O) groups is 2. The van der Waals surface area contributed by atoms with Crippen molar-refractivity contribution in [2.24, 2.45) is 0 Å². The van der Waals surface area contributed by atoms with E-state index in [1.807, 2.05) is 19.1 Å². The third kappa shape index (κ3) is 4.10. The van der Waals surface area contributed by atoms with E-state index in [0.29, 0.717) is 16.4 Å². The molecule has 6 nitrogen and oxygen atoms in total. The Morgan fingerprint density at radius 3 is 2.55 bits per heavy atom. The average molecular weight is 443 g/mol. The van der Waals surface area contributed by atoms with E-state index in [2.05, 4.69) is 26.1 Å². The summed E-state index contributed by atoms with van der Waals surface area (Å²) >= 11 is 6.25. The van der Waals surface area contributed by atoms with Crippen molar-refractivity contribution >= 4 is 29.1 Å². The average Bonchev–Trinajstić information content (AvgIpc) is 3.13. The molecular weight excluding hydrogens is 412 g/mol. The van der Waals surface area contributed by atoms with E-state index < -0.39 is 5.54 Å². The van der Waals surface area contributed by atoms with Crippen molar-refractivity contribution in [3.05, 3.63) is 46.7 Å². The quantitative estimate of drug-likeness (QED) is 0.748. The van der Waals surface area contributed by atoms with Gasteiger partial charge in [-0.2, -0.15) is 5.10 Å². The lowest BCUT2D eigenvalue weighted by Crippen LogP contribution is -2.65. The summed E-state index contributed by atoms with van der Waals surface area (Å²) in [6.07, 6.45) is 5.42. The summed E-state index contributed by atoms with van der Waals surface area (Å²) in [4.78, 5) is 29.0. The summed E-state index contributed by atoms with van der Waals surface area (Å²) in [6, 6.07) is 9.13. The topological polar surface area (TPSA) is 67.2 Å². The van der Waals surface area contributed by atoms with E-state index in [1.54, 1.807) is 27.8 Å². The molecule has 0 spiro atoms. The maximum Gasteiger partial charge on any atom is 0.277 e. The predicted molar refractivity (Wildman–Crippen MR) is 123 cm³/mol. The third-order valence-electron chi connectivity index (χ3n) is 6.42. The Bertz CT molecular complexity index is 1000. The summed E-state index contributed by atoms with van der Waals surface area (Å²) in [6.45, 7) is 8.31. The SMILES string of the molecule is CC(C)(C)c1cc2n(n1)C[C@](C)(C(=O)NC1CCCCC1)N(c1cccc(Cl)c1)C2=O. The molecule has 2 aromatic rings. The van der Waals surface area contributed by atoms with E-state index in [4.69, 9.17) is 16.7 Å². The van der Waals surface area contributed by atoms with Gasteiger partial charge in [0.25, 0.3) is 5.91 Å². The van der Waals surface area contributed by atoms with Crippen molar-refractivity contribution in [2.45, 2.75) is 83.3 Å². The molecule has 31 heavy (non-hydrogen) atoms. The number of nitrogens with one attached hydrogen (secondary N) is 1. The first-order valence-electron chi connectivity index (χ1n) is 11.1. The molecule has 1 aromatic carbocycles. The molecule has 7 heteroatoms. The normalized spacial score (nSPS) is 22.4. The van der Waals surface area contributed by atoms with Crippen LogP contribution in [0.5, 0.6) is 0 Å². The molecule has 2 aliphatic rings. The molecule has 0 unspecified atom stereocenters. The number of fused-ring (bicyclic) bond motifs is 1. The number of nitrogens with zero attached hydrogens (tertiary/aromatic N) is 3. The highest BCUT2D eigenvalue weighted by Gasteiger charge is 2.49. The fourth-order valence-corrected chi connectivity index (χ4v) is 4.74. The first-order valence-corrected chi connectivity index (χ1v) is 11.5. The van der Waals surface area contributed by atoms with Gasteiger partial charge in [-0.3, -0.25) is 19.2 Å². The predicted octanol–water partition coefficient (Wildman–Crippen LogP) is 4.70. The Morgan fingerprint density at radius 1 is 1.19 bits per heavy atom. The van der Waals surface area contributed by atoms with Gasteiger partial charge in [0.1, 0.15) is 11.2 Å². The van der Waals surface area contributed by atoms with Crippen LogP contribution in [0.2, 0.25) is 5.02 Å². The van der Waals surface area contributed by atoms with Crippen LogP contribution in [0.4, 0.5) is 5.69 Å². The minimum atomic E-state index is -1.12. The van der Waals surface area contributed by atoms with Gasteiger partial charge in [0.05, 0.1) is 12.2 Å². The van der Waals surface area contributed by atoms with Crippen LogP contribution in [0.15, 0.2) is 30.3 Å². The molecule has 1 aromatic heterocycles. The molecule has 1 N–H and O–H groups in total. The number of hydrogen-bond acceptors (Lipinski definition) is 3. The molecule has 4 rings (SSSR count). The molecule has 166 valence electrons. The number of rotatable bonds is 3. The van der Waals surface area contributed by atoms with Crippen molar-refractivity contribution in [2.75, 3.05) is 4.90 Å². The highest BCUT2D eigenvalue weighted by atomic mass is 35.5. The lowest BCUT2D eigenvalue weighted by atomic mass is 9.90. The van der Waals surface area contributed by atoms with Crippen LogP contribution in [0.3, 0.4) is 0 Å². The Hall–Kier alpha value is -2.34. The number of anilines is 1. The van der Waals surface area contributed by atoms with Gasteiger partial charge in [-0.25, -0.2) is 0 Å². The second-order valence-electron chi connectivity index (χ2n) is 10.0. The lowest BCUT2D eigenvalue weighted by Gasteiger charge is -2.44. The van der Waals surface area contributed by atoms with E-state index >= 15 is 0 Å². The van der Waals surface area contributed by atoms with Crippen molar-refractivity contribution in [3.8, 4) is 0 Å². The van der Waals surface area contributed by atoms with Crippen LogP contribution in [-0.2, 0) is 16.8 Å². The maximum atomic E-state index is 13.7. The van der Waals surface area contributed by atoms with Crippen LogP contribution < -0.4 is 10.2 Å². The van der Waals surface area contributed by atoms with Gasteiger partial charge in [-0.1, -0.05) is 57.7 Å². The van der Waals surface area contributed by atoms with E-state index in [9.17, 15) is 9.59 Å². The van der Waals surface area contributed by atoms with Crippen molar-refractivity contribution in [3.63, 3.8) is 0 Å². The minimum Gasteiger partial charge on any atom is -0.351 e. The zero-order valence-electron chi connectivity index (χ0n) is 18.7. The molecule has 2 amide bonds. The Balaban J connectivity index is 1.77. The molecule has 0 radical (unpaired) electrons. The minimum absolute atomic E-state index is 0.147. The number of amides is 2. The fraction of sp³-hybridized carbons (Fsp3) is 0.542. The van der Waals surface area contributed by atoms with Gasteiger partial charge in [-0.05, 0) is 44.0 Å². The van der Waals surface area contributed by atoms with Crippen molar-refractivity contribution < 1.29 is 9.59 Å². The zero-order chi connectivity index (χ0) is 22.4. The summed E-state index contributed by atoms with van der Waals surface area (Å²) in [5.74, 6) is -0.385. The van der Waals surface area contributed by atoms with E-state index in [1.165, 1.54) is 6.42 Å². The number of carbonyl (C=O) groups excluding carboxylic acids is 2. The van der Waals surface area contributed by atoms with Crippen LogP contribution in [-0.4, -0.2) is 33.2 Å². The monoisotopic (exact) mass is 442 g/mol. The van der Waals surface area contributed by atoms with Crippen molar-refractivity contribution in [1.29, 1.82) is 0 Å². The summed E-state index contributed by atoms with van der Waals surface area (Å²) in [5.41, 5.74) is 0.620. The molecule has 1 fully saturated rings. The van der Waals surface area contributed by atoms with Crippen molar-refractivity contribution in [1.82, 2.24) is 15.1 Å². The molecule has 1 saturated carbocycles. The molecule has 1 aliphatic carbocycles. The second kappa shape index (κ2) is 7.97. The Morgan fingerprint density at radius 2 is 1.90 bits per heavy atom. The van der Waals surface area contributed by atoms with Gasteiger partial charge in [0.2, 0.25) is 5.91 Å². The third-order valence-corrected chi connectivity index (χ3v) is 6.65.